The first kappa shape index (κ1) is 32.3. The normalized spacial score (nSPS) is 14.5. The molecule has 2 amide bonds. The number of anilines is 1. The molecule has 1 N–H and O–H groups in total. The largest absolute Gasteiger partial charge is 0.497 e. The van der Waals surface area contributed by atoms with Crippen LogP contribution in [-0.2, 0) is 26.2 Å². The Bertz CT molecular complexity index is 1500. The fraction of sp³-hybridized carbons (Fsp3) is 0.375. The second-order valence-electron chi connectivity index (χ2n) is 10.5. The quantitative estimate of drug-likeness (QED) is 0.268. The average molecular weight is 630 g/mol. The summed E-state index contributed by atoms with van der Waals surface area (Å²) in [6.07, 6.45) is 5.23. The number of rotatable bonds is 12. The maximum Gasteiger partial charge on any atom is 0.264 e. The highest BCUT2D eigenvalue weighted by Crippen LogP contribution is 2.27. The Kier molecular flexibility index (Phi) is 11.0. The molecule has 1 unspecified atom stereocenters. The summed E-state index contributed by atoms with van der Waals surface area (Å²) in [6.45, 7) is 1.18. The van der Waals surface area contributed by atoms with Gasteiger partial charge in [0.25, 0.3) is 10.0 Å². The number of carbonyl (C=O) groups is 2. The molecule has 3 aromatic carbocycles. The highest BCUT2D eigenvalue weighted by atomic mass is 35.5. The molecule has 0 aromatic heterocycles. The lowest BCUT2D eigenvalue weighted by atomic mass is 9.95. The topological polar surface area (TPSA) is 96.0 Å². The second-order valence-corrected chi connectivity index (χ2v) is 12.8. The predicted octanol–water partition coefficient (Wildman–Crippen LogP) is 5.94. The molecule has 0 heterocycles. The van der Waals surface area contributed by atoms with E-state index in [-0.39, 0.29) is 29.1 Å². The van der Waals surface area contributed by atoms with Crippen molar-refractivity contribution in [1.82, 2.24) is 10.2 Å². The number of nitrogens with one attached hydrogen (secondary N) is 1. The van der Waals surface area contributed by atoms with Crippen LogP contribution in [0.25, 0.3) is 0 Å². The number of amides is 2. The molecule has 0 radical (unpaired) electrons. The van der Waals surface area contributed by atoms with E-state index in [9.17, 15) is 22.4 Å². The summed E-state index contributed by atoms with van der Waals surface area (Å²) < 4.78 is 47.8. The van der Waals surface area contributed by atoms with Gasteiger partial charge in [-0.25, -0.2) is 12.8 Å². The van der Waals surface area contributed by atoms with Crippen LogP contribution in [-0.4, -0.2) is 50.9 Å². The van der Waals surface area contributed by atoms with E-state index in [2.05, 4.69) is 5.32 Å². The number of halogens is 2. The highest BCUT2D eigenvalue weighted by molar-refractivity contribution is 7.92. The Balaban J connectivity index is 1.71. The number of benzene rings is 3. The minimum Gasteiger partial charge on any atom is -0.497 e. The fourth-order valence-electron chi connectivity index (χ4n) is 5.28. The SMILES string of the molecule is CCC(C(=O)NC1CCCCC1)N(Cc1ccccc1Cl)C(=O)CN(c1ccc(F)cc1)S(=O)(=O)c1ccc(OC)cc1. The van der Waals surface area contributed by atoms with Gasteiger partial charge in [0.1, 0.15) is 24.2 Å². The van der Waals surface area contributed by atoms with Crippen molar-refractivity contribution in [2.75, 3.05) is 18.0 Å². The van der Waals surface area contributed by atoms with Crippen molar-refractivity contribution < 1.29 is 27.1 Å². The summed E-state index contributed by atoms with van der Waals surface area (Å²) in [5.41, 5.74) is 0.718. The van der Waals surface area contributed by atoms with Gasteiger partial charge in [-0.1, -0.05) is 56.0 Å². The summed E-state index contributed by atoms with van der Waals surface area (Å²) in [6, 6.07) is 16.8. The van der Waals surface area contributed by atoms with E-state index in [1.54, 1.807) is 24.3 Å². The van der Waals surface area contributed by atoms with Crippen molar-refractivity contribution in [3.05, 3.63) is 89.2 Å². The second kappa shape index (κ2) is 14.7. The minimum atomic E-state index is -4.30. The zero-order valence-electron chi connectivity index (χ0n) is 24.3. The van der Waals surface area contributed by atoms with Crippen LogP contribution in [0.5, 0.6) is 5.75 Å². The number of sulfonamides is 1. The number of methoxy groups -OCH3 is 1. The lowest BCUT2D eigenvalue weighted by Gasteiger charge is -2.34. The Morgan fingerprint density at radius 2 is 1.65 bits per heavy atom. The lowest BCUT2D eigenvalue weighted by Crippen LogP contribution is -2.54. The standard InChI is InChI=1S/C32H37ClFN3O5S/c1-3-30(32(39)35-25-10-5-4-6-11-25)36(21-23-9-7-8-12-29(23)33)31(38)22-37(26-15-13-24(34)14-16-26)43(40,41)28-19-17-27(42-2)18-20-28/h7-9,12-20,25,30H,3-6,10-11,21-22H2,1-2H3,(H,35,39). The van der Waals surface area contributed by atoms with Crippen molar-refractivity contribution in [1.29, 1.82) is 0 Å². The van der Waals surface area contributed by atoms with E-state index in [0.717, 1.165) is 48.5 Å². The van der Waals surface area contributed by atoms with Gasteiger partial charge in [-0.2, -0.15) is 0 Å². The van der Waals surface area contributed by atoms with Gasteiger partial charge in [-0.15, -0.1) is 0 Å². The molecule has 0 bridgehead atoms. The lowest BCUT2D eigenvalue weighted by molar-refractivity contribution is -0.140. The third-order valence-corrected chi connectivity index (χ3v) is 9.83. The number of hydrogen-bond donors (Lipinski definition) is 1. The maximum atomic E-state index is 14.2. The molecule has 4 rings (SSSR count). The molecule has 3 aromatic rings. The highest BCUT2D eigenvalue weighted by Gasteiger charge is 2.34. The van der Waals surface area contributed by atoms with E-state index in [0.29, 0.717) is 22.8 Å². The van der Waals surface area contributed by atoms with E-state index in [4.69, 9.17) is 16.3 Å². The van der Waals surface area contributed by atoms with Gasteiger partial charge in [0, 0.05) is 17.6 Å². The Hall–Kier alpha value is -3.63. The zero-order chi connectivity index (χ0) is 31.0. The third-order valence-electron chi connectivity index (χ3n) is 7.68. The number of nitrogens with zero attached hydrogens (tertiary/aromatic N) is 2. The Labute approximate surface area is 257 Å². The monoisotopic (exact) mass is 629 g/mol. The molecule has 1 fully saturated rings. The summed E-state index contributed by atoms with van der Waals surface area (Å²) >= 11 is 6.46. The van der Waals surface area contributed by atoms with Crippen LogP contribution in [0.4, 0.5) is 10.1 Å². The van der Waals surface area contributed by atoms with Crippen molar-refractivity contribution in [3.63, 3.8) is 0 Å². The van der Waals surface area contributed by atoms with Crippen LogP contribution in [0, 0.1) is 5.82 Å². The van der Waals surface area contributed by atoms with E-state index in [1.165, 1.54) is 48.4 Å². The van der Waals surface area contributed by atoms with Crippen LogP contribution in [0.3, 0.4) is 0 Å². The van der Waals surface area contributed by atoms with E-state index >= 15 is 0 Å². The van der Waals surface area contributed by atoms with Crippen LogP contribution < -0.4 is 14.4 Å². The molecular formula is C32H37ClFN3O5S. The molecule has 0 saturated heterocycles. The van der Waals surface area contributed by atoms with Gasteiger partial charge in [0.15, 0.2) is 0 Å². The fourth-order valence-corrected chi connectivity index (χ4v) is 6.89. The maximum absolute atomic E-state index is 14.2. The van der Waals surface area contributed by atoms with Gasteiger partial charge < -0.3 is 15.0 Å². The first-order valence-corrected chi connectivity index (χ1v) is 16.2. The molecule has 230 valence electrons. The Morgan fingerprint density at radius 1 is 1.00 bits per heavy atom. The van der Waals surface area contributed by atoms with Gasteiger partial charge in [0.2, 0.25) is 11.8 Å². The van der Waals surface area contributed by atoms with Crippen LogP contribution in [0.2, 0.25) is 5.02 Å². The number of hydrogen-bond acceptors (Lipinski definition) is 5. The zero-order valence-corrected chi connectivity index (χ0v) is 25.9. The van der Waals surface area contributed by atoms with Crippen molar-refractivity contribution in [3.8, 4) is 5.75 Å². The number of carbonyl (C=O) groups excluding carboxylic acids is 2. The van der Waals surface area contributed by atoms with Crippen LogP contribution in [0.1, 0.15) is 51.0 Å². The molecule has 1 atom stereocenters. The first-order chi connectivity index (χ1) is 20.6. The molecule has 11 heteroatoms. The molecule has 1 aliphatic rings. The first-order valence-electron chi connectivity index (χ1n) is 14.4. The minimum absolute atomic E-state index is 0.00502. The van der Waals surface area contributed by atoms with Crippen molar-refractivity contribution in [2.24, 2.45) is 0 Å². The summed E-state index contributed by atoms with van der Waals surface area (Å²) in [7, 11) is -2.83. The summed E-state index contributed by atoms with van der Waals surface area (Å²) in [5, 5.41) is 3.53. The smallest absolute Gasteiger partial charge is 0.264 e. The molecular weight excluding hydrogens is 593 g/mol. The van der Waals surface area contributed by atoms with E-state index in [1.807, 2.05) is 6.92 Å². The molecule has 1 saturated carbocycles. The molecule has 0 aliphatic heterocycles. The van der Waals surface area contributed by atoms with Gasteiger partial charge in [0.05, 0.1) is 17.7 Å². The average Bonchev–Trinajstić information content (AvgIpc) is 3.01. The molecule has 43 heavy (non-hydrogen) atoms. The van der Waals surface area contributed by atoms with Gasteiger partial charge >= 0.3 is 0 Å². The molecule has 0 spiro atoms. The third kappa shape index (κ3) is 8.06. The predicted molar refractivity (Wildman–Crippen MR) is 165 cm³/mol. The summed E-state index contributed by atoms with van der Waals surface area (Å²) in [5.74, 6) is -0.986. The Morgan fingerprint density at radius 3 is 2.26 bits per heavy atom. The number of ether oxygens (including phenoxy) is 1. The molecule has 8 nitrogen and oxygen atoms in total. The summed E-state index contributed by atoms with van der Waals surface area (Å²) in [4.78, 5) is 29.1. The van der Waals surface area contributed by atoms with Gasteiger partial charge in [-0.05, 0) is 79.4 Å². The van der Waals surface area contributed by atoms with Gasteiger partial charge in [-0.3, -0.25) is 13.9 Å². The van der Waals surface area contributed by atoms with E-state index < -0.39 is 34.3 Å². The van der Waals surface area contributed by atoms with Crippen molar-refractivity contribution >= 4 is 39.1 Å². The molecule has 1 aliphatic carbocycles. The van der Waals surface area contributed by atoms with Crippen LogP contribution >= 0.6 is 11.6 Å². The van der Waals surface area contributed by atoms with Crippen LogP contribution in [0.15, 0.2) is 77.7 Å². The van der Waals surface area contributed by atoms with Crippen molar-refractivity contribution in [2.45, 2.75) is 69.0 Å².